The van der Waals surface area contributed by atoms with E-state index in [1.54, 1.807) is 16.8 Å². The second-order valence-electron chi connectivity index (χ2n) is 8.16. The Morgan fingerprint density at radius 2 is 2.16 bits per heavy atom. The summed E-state index contributed by atoms with van der Waals surface area (Å²) in [5.74, 6) is 0.219. The normalized spacial score (nSPS) is 19.4. The van der Waals surface area contributed by atoms with Gasteiger partial charge in [0.05, 0.1) is 18.3 Å². The van der Waals surface area contributed by atoms with Gasteiger partial charge in [-0.15, -0.1) is 0 Å². The number of anilines is 1. The van der Waals surface area contributed by atoms with Crippen LogP contribution >= 0.6 is 0 Å². The molecule has 1 unspecified atom stereocenters. The van der Waals surface area contributed by atoms with Gasteiger partial charge in [0.2, 0.25) is 11.8 Å². The molecule has 0 aromatic carbocycles. The lowest BCUT2D eigenvalue weighted by Crippen LogP contribution is -2.27. The van der Waals surface area contributed by atoms with Gasteiger partial charge in [-0.05, 0) is 49.8 Å². The van der Waals surface area contributed by atoms with Gasteiger partial charge in [-0.3, -0.25) is 9.97 Å². The number of nitrogens with one attached hydrogen (secondary N) is 3. The summed E-state index contributed by atoms with van der Waals surface area (Å²) in [7, 11) is 0. The Morgan fingerprint density at radius 1 is 1.25 bits per heavy atom. The molecule has 0 bridgehead atoms. The molecule has 4 aromatic rings. The minimum atomic E-state index is -0.490. The number of aryl methyl sites for hydroxylation is 1. The van der Waals surface area contributed by atoms with Crippen molar-refractivity contribution in [2.45, 2.75) is 44.2 Å². The highest BCUT2D eigenvalue weighted by Crippen LogP contribution is 2.30. The summed E-state index contributed by atoms with van der Waals surface area (Å²) in [5.41, 5.74) is 3.05. The van der Waals surface area contributed by atoms with Crippen LogP contribution in [0.25, 0.3) is 11.7 Å². The van der Waals surface area contributed by atoms with Gasteiger partial charge in [-0.25, -0.2) is 9.79 Å². The van der Waals surface area contributed by atoms with E-state index in [1.807, 2.05) is 12.3 Å². The van der Waals surface area contributed by atoms with Crippen LogP contribution in [0.5, 0.6) is 5.88 Å². The quantitative estimate of drug-likeness (QED) is 0.364. The molecule has 1 saturated carbocycles. The van der Waals surface area contributed by atoms with Crippen LogP contribution in [0.4, 0.5) is 5.95 Å². The average Bonchev–Trinajstić information content (AvgIpc) is 3.42. The van der Waals surface area contributed by atoms with Gasteiger partial charge in [-0.2, -0.15) is 19.6 Å². The molecule has 32 heavy (non-hydrogen) atoms. The minimum Gasteiger partial charge on any atom is -0.493 e. The Hall–Kier alpha value is -4.02. The Kier molecular flexibility index (Phi) is 4.27. The molecule has 11 heteroatoms. The number of hydrogen-bond acceptors (Lipinski definition) is 8. The van der Waals surface area contributed by atoms with E-state index in [4.69, 9.17) is 9.98 Å². The molecule has 6 rings (SSSR count). The second-order valence-corrected chi connectivity index (χ2v) is 8.16. The summed E-state index contributed by atoms with van der Waals surface area (Å²) in [6, 6.07) is 4.35. The highest BCUT2D eigenvalue weighted by Gasteiger charge is 2.23. The van der Waals surface area contributed by atoms with Crippen molar-refractivity contribution in [2.24, 2.45) is 4.99 Å². The molecule has 0 saturated heterocycles. The molecule has 0 radical (unpaired) electrons. The van der Waals surface area contributed by atoms with Gasteiger partial charge in [-0.1, -0.05) is 6.07 Å². The van der Waals surface area contributed by atoms with E-state index in [9.17, 15) is 9.90 Å². The SMILES string of the molecule is O=c1[nH]c(O)c(C=c2cnn3c(=NC4CC4)nc(NC4CCCc5ncccc54)nc23)[nH]1. The maximum atomic E-state index is 11.5. The molecule has 1 fully saturated rings. The summed E-state index contributed by atoms with van der Waals surface area (Å²) >= 11 is 0. The maximum Gasteiger partial charge on any atom is 0.326 e. The number of nitrogens with zero attached hydrogens (tertiary/aromatic N) is 6. The third-order valence-electron chi connectivity index (χ3n) is 5.77. The van der Waals surface area contributed by atoms with Gasteiger partial charge >= 0.3 is 5.69 Å². The lowest BCUT2D eigenvalue weighted by molar-refractivity contribution is 0.454. The predicted octanol–water partition coefficient (Wildman–Crippen LogP) is 0.342. The van der Waals surface area contributed by atoms with Crippen molar-refractivity contribution in [3.05, 3.63) is 62.8 Å². The van der Waals surface area contributed by atoms with Crippen LogP contribution in [0.1, 0.15) is 48.7 Å². The van der Waals surface area contributed by atoms with Crippen molar-refractivity contribution in [3.63, 3.8) is 0 Å². The third kappa shape index (κ3) is 3.41. The molecule has 4 aromatic heterocycles. The number of H-pyrrole nitrogens is 2. The lowest BCUT2D eigenvalue weighted by Gasteiger charge is -2.25. The Bertz CT molecular complexity index is 1500. The van der Waals surface area contributed by atoms with Crippen LogP contribution in [-0.2, 0) is 6.42 Å². The van der Waals surface area contributed by atoms with E-state index in [0.29, 0.717) is 22.4 Å². The molecule has 0 amide bonds. The summed E-state index contributed by atoms with van der Waals surface area (Å²) < 4.78 is 1.59. The van der Waals surface area contributed by atoms with E-state index in [2.05, 4.69) is 36.4 Å². The van der Waals surface area contributed by atoms with Crippen molar-refractivity contribution in [1.82, 2.24) is 34.5 Å². The van der Waals surface area contributed by atoms with E-state index >= 15 is 0 Å². The van der Waals surface area contributed by atoms with Crippen molar-refractivity contribution >= 4 is 17.7 Å². The molecule has 2 aliphatic carbocycles. The number of aromatic nitrogens is 7. The van der Waals surface area contributed by atoms with Crippen molar-refractivity contribution in [2.75, 3.05) is 5.32 Å². The average molecular weight is 431 g/mol. The molecule has 162 valence electrons. The fourth-order valence-corrected chi connectivity index (χ4v) is 4.06. The number of hydrogen-bond donors (Lipinski definition) is 4. The summed E-state index contributed by atoms with van der Waals surface area (Å²) in [4.78, 5) is 34.9. The van der Waals surface area contributed by atoms with Crippen LogP contribution in [-0.4, -0.2) is 45.7 Å². The molecule has 0 aliphatic heterocycles. The zero-order chi connectivity index (χ0) is 21.7. The van der Waals surface area contributed by atoms with Gasteiger partial charge in [0.15, 0.2) is 5.65 Å². The second kappa shape index (κ2) is 7.29. The van der Waals surface area contributed by atoms with Crippen LogP contribution in [0, 0.1) is 0 Å². The molecule has 4 heterocycles. The van der Waals surface area contributed by atoms with E-state index in [-0.39, 0.29) is 23.7 Å². The maximum absolute atomic E-state index is 11.5. The van der Waals surface area contributed by atoms with Gasteiger partial charge < -0.3 is 15.4 Å². The first-order valence-corrected chi connectivity index (χ1v) is 10.7. The van der Waals surface area contributed by atoms with E-state index < -0.39 is 5.69 Å². The molecular formula is C21H21N9O2. The highest BCUT2D eigenvalue weighted by atomic mass is 16.3. The van der Waals surface area contributed by atoms with Crippen LogP contribution in [0.3, 0.4) is 0 Å². The number of fused-ring (bicyclic) bond motifs is 2. The molecule has 1 atom stereocenters. The fourth-order valence-electron chi connectivity index (χ4n) is 4.06. The Morgan fingerprint density at radius 3 is 2.97 bits per heavy atom. The zero-order valence-electron chi connectivity index (χ0n) is 17.1. The first-order chi connectivity index (χ1) is 15.6. The largest absolute Gasteiger partial charge is 0.493 e. The molecule has 0 spiro atoms. The number of aromatic amines is 2. The highest BCUT2D eigenvalue weighted by molar-refractivity contribution is 5.57. The van der Waals surface area contributed by atoms with Crippen molar-refractivity contribution in [1.29, 1.82) is 0 Å². The van der Waals surface area contributed by atoms with Crippen LogP contribution < -0.4 is 21.8 Å². The van der Waals surface area contributed by atoms with E-state index in [1.165, 1.54) is 0 Å². The monoisotopic (exact) mass is 431 g/mol. The predicted molar refractivity (Wildman–Crippen MR) is 115 cm³/mol. The fraction of sp³-hybridized carbons (Fsp3) is 0.333. The van der Waals surface area contributed by atoms with E-state index in [0.717, 1.165) is 43.4 Å². The summed E-state index contributed by atoms with van der Waals surface area (Å²) in [6.07, 6.45) is 10.1. The lowest BCUT2D eigenvalue weighted by atomic mass is 9.91. The number of rotatable bonds is 4. The van der Waals surface area contributed by atoms with Crippen LogP contribution in [0.2, 0.25) is 0 Å². The smallest absolute Gasteiger partial charge is 0.326 e. The first-order valence-electron chi connectivity index (χ1n) is 10.7. The molecule has 11 nitrogen and oxygen atoms in total. The standard InChI is InChI=1S/C21H21N9O2/c31-18-16(26-21(32)28-18)9-11-10-23-30-17(11)27-19(29-20(30)24-12-6-7-12)25-15-5-1-4-14-13(15)3-2-8-22-14/h2-3,8-10,12,15,31H,1,4-7H2,(H,24,25,29)(H2,26,28,32). The first kappa shape index (κ1) is 18.7. The van der Waals surface area contributed by atoms with Crippen molar-refractivity contribution in [3.8, 4) is 5.88 Å². The third-order valence-corrected chi connectivity index (χ3v) is 5.77. The molecular weight excluding hydrogens is 410 g/mol. The Balaban J connectivity index is 1.48. The summed E-state index contributed by atoms with van der Waals surface area (Å²) in [6.45, 7) is 0. The zero-order valence-corrected chi connectivity index (χ0v) is 17.1. The minimum absolute atomic E-state index is 0.0594. The summed E-state index contributed by atoms with van der Waals surface area (Å²) in [5, 5.41) is 18.4. The van der Waals surface area contributed by atoms with Gasteiger partial charge in [0, 0.05) is 17.1 Å². The number of imidazole rings is 1. The Labute approximate surface area is 181 Å². The van der Waals surface area contributed by atoms with Crippen LogP contribution in [0.15, 0.2) is 34.3 Å². The number of aromatic hydroxyl groups is 1. The van der Waals surface area contributed by atoms with Gasteiger partial charge in [0.25, 0.3) is 5.62 Å². The molecule has 2 aliphatic rings. The van der Waals surface area contributed by atoms with Gasteiger partial charge in [0.1, 0.15) is 5.69 Å². The number of pyridine rings is 1. The molecule has 4 N–H and O–H groups in total. The topological polar surface area (TPSA) is 149 Å². The van der Waals surface area contributed by atoms with Crippen molar-refractivity contribution < 1.29 is 5.11 Å².